The van der Waals surface area contributed by atoms with Crippen molar-refractivity contribution < 1.29 is 14.3 Å². The molecule has 0 aliphatic rings. The molecule has 0 saturated heterocycles. The van der Waals surface area contributed by atoms with E-state index in [1.54, 1.807) is 0 Å². The number of ether oxygens (including phenoxy) is 1. The van der Waals surface area contributed by atoms with Gasteiger partial charge in [0.2, 0.25) is 0 Å². The van der Waals surface area contributed by atoms with E-state index in [-0.39, 0.29) is 5.56 Å². The number of carbonyl (C=O) groups is 2. The van der Waals surface area contributed by atoms with Crippen molar-refractivity contribution in [2.24, 2.45) is 0 Å². The van der Waals surface area contributed by atoms with Crippen molar-refractivity contribution in [3.05, 3.63) is 33.8 Å². The molecule has 0 spiro atoms. The monoisotopic (exact) mass is 232 g/mol. The van der Waals surface area contributed by atoms with E-state index in [4.69, 9.17) is 23.2 Å². The Kier molecular flexibility index (Phi) is 3.49. The van der Waals surface area contributed by atoms with Gasteiger partial charge in [-0.25, -0.2) is 4.79 Å². The summed E-state index contributed by atoms with van der Waals surface area (Å²) in [6, 6.07) is 4.18. The van der Waals surface area contributed by atoms with Crippen LogP contribution in [0.4, 0.5) is 0 Å². The van der Waals surface area contributed by atoms with E-state index in [0.717, 1.165) is 7.11 Å². The zero-order valence-electron chi connectivity index (χ0n) is 7.21. The highest BCUT2D eigenvalue weighted by atomic mass is 35.5. The highest BCUT2D eigenvalue weighted by Crippen LogP contribution is 2.19. The number of benzene rings is 1. The molecule has 5 heteroatoms. The van der Waals surface area contributed by atoms with E-state index < -0.39 is 11.8 Å². The molecule has 0 aliphatic heterocycles. The molecule has 1 rings (SSSR count). The van der Waals surface area contributed by atoms with E-state index in [2.05, 4.69) is 4.74 Å². The molecule has 1 aromatic rings. The molecule has 0 atom stereocenters. The van der Waals surface area contributed by atoms with Crippen LogP contribution < -0.4 is 0 Å². The maximum atomic E-state index is 11.3. The van der Waals surface area contributed by atoms with E-state index in [9.17, 15) is 9.59 Å². The first-order valence-corrected chi connectivity index (χ1v) is 4.39. The number of hydrogen-bond donors (Lipinski definition) is 0. The Morgan fingerprint density at radius 1 is 1.14 bits per heavy atom. The van der Waals surface area contributed by atoms with Gasteiger partial charge in [0.1, 0.15) is 0 Å². The number of hydrogen-bond acceptors (Lipinski definition) is 3. The van der Waals surface area contributed by atoms with Gasteiger partial charge in [-0.3, -0.25) is 4.79 Å². The Labute approximate surface area is 90.6 Å². The lowest BCUT2D eigenvalue weighted by Gasteiger charge is -2.00. The molecule has 0 saturated carbocycles. The Bertz CT molecular complexity index is 367. The molecule has 1 aromatic carbocycles. The maximum absolute atomic E-state index is 11.3. The number of halogens is 2. The van der Waals surface area contributed by atoms with Crippen LogP contribution in [0, 0.1) is 0 Å². The molecule has 0 aliphatic carbocycles. The molecule has 0 unspecified atom stereocenters. The summed E-state index contributed by atoms with van der Waals surface area (Å²) in [5.41, 5.74) is 0.120. The number of carbonyl (C=O) groups excluding carboxylic acids is 2. The third-order valence-corrected chi connectivity index (χ3v) is 1.93. The smallest absolute Gasteiger partial charge is 0.379 e. The summed E-state index contributed by atoms with van der Waals surface area (Å²) in [5.74, 6) is -1.71. The molecular formula is C9H6Cl2O3. The molecule has 3 nitrogen and oxygen atoms in total. The zero-order valence-corrected chi connectivity index (χ0v) is 8.72. The number of ketones is 1. The van der Waals surface area contributed by atoms with Crippen LogP contribution >= 0.6 is 23.2 Å². The van der Waals surface area contributed by atoms with Crippen LogP contribution in [0.25, 0.3) is 0 Å². The van der Waals surface area contributed by atoms with Gasteiger partial charge in [0.05, 0.1) is 7.11 Å². The fraction of sp³-hybridized carbons (Fsp3) is 0.111. The molecule has 0 N–H and O–H groups in total. The highest BCUT2D eigenvalue weighted by molar-refractivity contribution is 6.42. The summed E-state index contributed by atoms with van der Waals surface area (Å²) in [6.07, 6.45) is 0. The van der Waals surface area contributed by atoms with Crippen molar-refractivity contribution in [2.75, 3.05) is 7.11 Å². The quantitative estimate of drug-likeness (QED) is 0.447. The number of methoxy groups -OCH3 is 1. The summed E-state index contributed by atoms with van der Waals surface area (Å²) in [6.45, 7) is 0. The first-order valence-electron chi connectivity index (χ1n) is 3.63. The number of esters is 1. The largest absolute Gasteiger partial charge is 0.463 e. The second-order valence-corrected chi connectivity index (χ2v) is 3.35. The predicted molar refractivity (Wildman–Crippen MR) is 52.8 cm³/mol. The minimum Gasteiger partial charge on any atom is -0.463 e. The van der Waals surface area contributed by atoms with Gasteiger partial charge in [0.15, 0.2) is 0 Å². The Balaban J connectivity index is 3.07. The average molecular weight is 233 g/mol. The molecule has 0 aromatic heterocycles. The molecule has 0 amide bonds. The lowest BCUT2D eigenvalue weighted by atomic mass is 10.1. The lowest BCUT2D eigenvalue weighted by Crippen LogP contribution is -2.15. The van der Waals surface area contributed by atoms with E-state index in [0.29, 0.717) is 10.0 Å². The SMILES string of the molecule is COC(=O)C(=O)c1cc(Cl)cc(Cl)c1. The van der Waals surface area contributed by atoms with Gasteiger partial charge in [-0.15, -0.1) is 0 Å². The van der Waals surface area contributed by atoms with Gasteiger partial charge in [-0.1, -0.05) is 23.2 Å². The van der Waals surface area contributed by atoms with Crippen LogP contribution in [0.15, 0.2) is 18.2 Å². The molecule has 14 heavy (non-hydrogen) atoms. The van der Waals surface area contributed by atoms with Gasteiger partial charge in [0, 0.05) is 15.6 Å². The van der Waals surface area contributed by atoms with Crippen LogP contribution in [0.1, 0.15) is 10.4 Å². The maximum Gasteiger partial charge on any atom is 0.379 e. The number of rotatable bonds is 2. The third kappa shape index (κ3) is 2.47. The average Bonchev–Trinajstić information content (AvgIpc) is 2.14. The standard InChI is InChI=1S/C9H6Cl2O3/c1-14-9(13)8(12)5-2-6(10)4-7(11)3-5/h2-4H,1H3. The fourth-order valence-electron chi connectivity index (χ4n) is 0.895. The van der Waals surface area contributed by atoms with Crippen molar-refractivity contribution >= 4 is 35.0 Å². The van der Waals surface area contributed by atoms with Gasteiger partial charge in [-0.05, 0) is 18.2 Å². The summed E-state index contributed by atoms with van der Waals surface area (Å²) in [5, 5.41) is 0.592. The summed E-state index contributed by atoms with van der Waals surface area (Å²) < 4.78 is 4.27. The first-order chi connectivity index (χ1) is 6.54. The molecule has 0 fully saturated rings. The van der Waals surface area contributed by atoms with Crippen molar-refractivity contribution in [2.45, 2.75) is 0 Å². The van der Waals surface area contributed by atoms with Crippen LogP contribution in [0.3, 0.4) is 0 Å². The Morgan fingerprint density at radius 3 is 2.07 bits per heavy atom. The van der Waals surface area contributed by atoms with Gasteiger partial charge < -0.3 is 4.74 Å². The van der Waals surface area contributed by atoms with E-state index in [1.165, 1.54) is 18.2 Å². The summed E-state index contributed by atoms with van der Waals surface area (Å²) in [4.78, 5) is 22.2. The molecule has 74 valence electrons. The summed E-state index contributed by atoms with van der Waals surface area (Å²) >= 11 is 11.3. The molecular weight excluding hydrogens is 227 g/mol. The van der Waals surface area contributed by atoms with Gasteiger partial charge >= 0.3 is 5.97 Å². The minimum absolute atomic E-state index is 0.120. The van der Waals surface area contributed by atoms with Crippen molar-refractivity contribution in [3.8, 4) is 0 Å². The van der Waals surface area contributed by atoms with Gasteiger partial charge in [-0.2, -0.15) is 0 Å². The second-order valence-electron chi connectivity index (χ2n) is 2.48. The zero-order chi connectivity index (χ0) is 10.7. The third-order valence-electron chi connectivity index (χ3n) is 1.50. The second kappa shape index (κ2) is 4.44. The predicted octanol–water partition coefficient (Wildman–Crippen LogP) is 2.35. The first kappa shape index (κ1) is 11.0. The van der Waals surface area contributed by atoms with Crippen LogP contribution in [0.2, 0.25) is 10.0 Å². The van der Waals surface area contributed by atoms with Crippen molar-refractivity contribution in [1.29, 1.82) is 0 Å². The lowest BCUT2D eigenvalue weighted by molar-refractivity contribution is -0.135. The van der Waals surface area contributed by atoms with Crippen molar-refractivity contribution in [3.63, 3.8) is 0 Å². The molecule has 0 bridgehead atoms. The van der Waals surface area contributed by atoms with Crippen LogP contribution in [0.5, 0.6) is 0 Å². The molecule has 0 heterocycles. The van der Waals surface area contributed by atoms with Crippen molar-refractivity contribution in [1.82, 2.24) is 0 Å². The topological polar surface area (TPSA) is 43.4 Å². The Hall–Kier alpha value is -1.06. The molecule has 0 radical (unpaired) electrons. The summed E-state index contributed by atoms with van der Waals surface area (Å²) in [7, 11) is 1.13. The normalized spacial score (nSPS) is 9.64. The van der Waals surface area contributed by atoms with E-state index >= 15 is 0 Å². The fourth-order valence-corrected chi connectivity index (χ4v) is 1.42. The Morgan fingerprint density at radius 2 is 1.64 bits per heavy atom. The van der Waals surface area contributed by atoms with Crippen LogP contribution in [-0.4, -0.2) is 18.9 Å². The van der Waals surface area contributed by atoms with Gasteiger partial charge in [0.25, 0.3) is 5.78 Å². The highest BCUT2D eigenvalue weighted by Gasteiger charge is 2.17. The number of Topliss-reactive ketones (excluding diaryl/α,β-unsaturated/α-hetero) is 1. The minimum atomic E-state index is -0.941. The van der Waals surface area contributed by atoms with E-state index in [1.807, 2.05) is 0 Å². The van der Waals surface area contributed by atoms with Crippen LogP contribution in [-0.2, 0) is 9.53 Å².